The largest absolute Gasteiger partial charge is 0.355 e. The Balaban J connectivity index is 2.77. The van der Waals surface area contributed by atoms with Gasteiger partial charge in [-0.3, -0.25) is 0 Å². The SMILES string of the molecule is CCCCOCOC(C)[S]. The first-order chi connectivity index (χ1) is 4.77. The molecule has 0 aromatic heterocycles. The van der Waals surface area contributed by atoms with Crippen LogP contribution in [-0.4, -0.2) is 18.8 Å². The van der Waals surface area contributed by atoms with Crippen LogP contribution in [0.3, 0.4) is 0 Å². The Morgan fingerprint density at radius 2 is 2.20 bits per heavy atom. The fourth-order valence-corrected chi connectivity index (χ4v) is 0.505. The van der Waals surface area contributed by atoms with Gasteiger partial charge in [-0.15, -0.1) is 0 Å². The maximum atomic E-state index is 5.10. The summed E-state index contributed by atoms with van der Waals surface area (Å²) in [5, 5.41) is 0. The van der Waals surface area contributed by atoms with Gasteiger partial charge in [0.2, 0.25) is 0 Å². The molecule has 1 radical (unpaired) electrons. The third kappa shape index (κ3) is 8.27. The highest BCUT2D eigenvalue weighted by atomic mass is 32.1. The summed E-state index contributed by atoms with van der Waals surface area (Å²) < 4.78 is 10.1. The number of unbranched alkanes of at least 4 members (excludes halogenated alkanes) is 1. The lowest BCUT2D eigenvalue weighted by atomic mass is 10.4. The summed E-state index contributed by atoms with van der Waals surface area (Å²) in [6, 6.07) is 0. The van der Waals surface area contributed by atoms with Gasteiger partial charge in [0.1, 0.15) is 12.2 Å². The van der Waals surface area contributed by atoms with Crippen LogP contribution in [0.4, 0.5) is 0 Å². The van der Waals surface area contributed by atoms with Crippen molar-refractivity contribution >= 4 is 12.6 Å². The lowest BCUT2D eigenvalue weighted by Crippen LogP contribution is -2.05. The molecular weight excluding hydrogens is 148 g/mol. The van der Waals surface area contributed by atoms with Crippen molar-refractivity contribution in [3.63, 3.8) is 0 Å². The van der Waals surface area contributed by atoms with Crippen LogP contribution in [0.1, 0.15) is 26.7 Å². The molecule has 10 heavy (non-hydrogen) atoms. The first-order valence-corrected chi connectivity index (χ1v) is 4.09. The van der Waals surface area contributed by atoms with Crippen LogP contribution in [0.15, 0.2) is 0 Å². The van der Waals surface area contributed by atoms with Crippen molar-refractivity contribution in [1.29, 1.82) is 0 Å². The second kappa shape index (κ2) is 7.38. The van der Waals surface area contributed by atoms with E-state index in [0.29, 0.717) is 6.79 Å². The van der Waals surface area contributed by atoms with Gasteiger partial charge < -0.3 is 9.47 Å². The second-order valence-electron chi connectivity index (χ2n) is 2.11. The van der Waals surface area contributed by atoms with Crippen LogP contribution in [0.25, 0.3) is 0 Å². The maximum absolute atomic E-state index is 5.10. The third-order valence-corrected chi connectivity index (χ3v) is 1.16. The molecule has 0 saturated carbocycles. The van der Waals surface area contributed by atoms with Crippen molar-refractivity contribution in [1.82, 2.24) is 0 Å². The molecule has 0 fully saturated rings. The molecule has 0 saturated heterocycles. The van der Waals surface area contributed by atoms with Crippen LogP contribution in [0.5, 0.6) is 0 Å². The number of ether oxygens (including phenoxy) is 2. The van der Waals surface area contributed by atoms with Crippen molar-refractivity contribution in [2.24, 2.45) is 0 Å². The standard InChI is InChI=1S/C7H15O2S/c1-3-4-5-8-6-9-7(2)10/h7H,3-6H2,1-2H3. The summed E-state index contributed by atoms with van der Waals surface area (Å²) in [5.74, 6) is 0. The summed E-state index contributed by atoms with van der Waals surface area (Å²) in [5.41, 5.74) is -0.137. The van der Waals surface area contributed by atoms with Crippen LogP contribution < -0.4 is 0 Å². The monoisotopic (exact) mass is 163 g/mol. The molecule has 0 heterocycles. The Labute approximate surface area is 68.3 Å². The fourth-order valence-electron chi connectivity index (χ4n) is 0.449. The van der Waals surface area contributed by atoms with E-state index in [1.165, 1.54) is 0 Å². The summed E-state index contributed by atoms with van der Waals surface area (Å²) in [6.07, 6.45) is 2.25. The Bertz CT molecular complexity index is 66.6. The molecule has 0 spiro atoms. The normalized spacial score (nSPS) is 13.5. The minimum atomic E-state index is -0.137. The van der Waals surface area contributed by atoms with E-state index in [4.69, 9.17) is 22.1 Å². The van der Waals surface area contributed by atoms with E-state index < -0.39 is 0 Å². The van der Waals surface area contributed by atoms with Crippen molar-refractivity contribution in [2.45, 2.75) is 32.1 Å². The molecule has 2 nitrogen and oxygen atoms in total. The van der Waals surface area contributed by atoms with E-state index >= 15 is 0 Å². The zero-order chi connectivity index (χ0) is 7.82. The van der Waals surface area contributed by atoms with Gasteiger partial charge in [0, 0.05) is 6.61 Å². The van der Waals surface area contributed by atoms with Crippen molar-refractivity contribution in [3.8, 4) is 0 Å². The quantitative estimate of drug-likeness (QED) is 0.442. The predicted octanol–water partition coefficient (Wildman–Crippen LogP) is 2.32. The van der Waals surface area contributed by atoms with E-state index in [-0.39, 0.29) is 5.44 Å². The smallest absolute Gasteiger partial charge is 0.148 e. The first kappa shape index (κ1) is 10.3. The highest BCUT2D eigenvalue weighted by Gasteiger charge is 1.92. The Kier molecular flexibility index (Phi) is 7.58. The number of rotatable bonds is 6. The molecule has 0 aliphatic heterocycles. The fraction of sp³-hybridized carbons (Fsp3) is 1.00. The molecule has 0 amide bonds. The molecule has 61 valence electrons. The van der Waals surface area contributed by atoms with Crippen molar-refractivity contribution in [3.05, 3.63) is 0 Å². The number of hydrogen-bond acceptors (Lipinski definition) is 2. The van der Waals surface area contributed by atoms with E-state index in [2.05, 4.69) is 6.92 Å². The lowest BCUT2D eigenvalue weighted by molar-refractivity contribution is -0.0592. The molecule has 0 aromatic carbocycles. The van der Waals surface area contributed by atoms with E-state index in [9.17, 15) is 0 Å². The van der Waals surface area contributed by atoms with Gasteiger partial charge in [-0.1, -0.05) is 26.0 Å². The van der Waals surface area contributed by atoms with Gasteiger partial charge in [0.15, 0.2) is 0 Å². The highest BCUT2D eigenvalue weighted by molar-refractivity contribution is 7.80. The van der Waals surface area contributed by atoms with E-state index in [0.717, 1.165) is 19.4 Å². The van der Waals surface area contributed by atoms with Gasteiger partial charge in [-0.2, -0.15) is 0 Å². The van der Waals surface area contributed by atoms with Crippen LogP contribution in [0.2, 0.25) is 0 Å². The average Bonchev–Trinajstić information content (AvgIpc) is 1.87. The van der Waals surface area contributed by atoms with Crippen molar-refractivity contribution in [2.75, 3.05) is 13.4 Å². The minimum absolute atomic E-state index is 0.137. The molecule has 3 heteroatoms. The Morgan fingerprint density at radius 1 is 1.50 bits per heavy atom. The predicted molar refractivity (Wildman–Crippen MR) is 43.9 cm³/mol. The zero-order valence-electron chi connectivity index (χ0n) is 6.63. The van der Waals surface area contributed by atoms with E-state index in [1.807, 2.05) is 6.92 Å². The minimum Gasteiger partial charge on any atom is -0.355 e. The van der Waals surface area contributed by atoms with E-state index in [1.54, 1.807) is 0 Å². The highest BCUT2D eigenvalue weighted by Crippen LogP contribution is 1.95. The number of hydrogen-bond donors (Lipinski definition) is 0. The van der Waals surface area contributed by atoms with Gasteiger partial charge in [-0.25, -0.2) is 0 Å². The van der Waals surface area contributed by atoms with Crippen LogP contribution >= 0.6 is 12.6 Å². The molecule has 0 aromatic rings. The Hall–Kier alpha value is 0.270. The molecule has 0 rings (SSSR count). The van der Waals surface area contributed by atoms with Gasteiger partial charge in [-0.05, 0) is 13.3 Å². The summed E-state index contributed by atoms with van der Waals surface area (Å²) in [7, 11) is 0. The van der Waals surface area contributed by atoms with Crippen molar-refractivity contribution < 1.29 is 9.47 Å². The molecular formula is C7H15O2S. The summed E-state index contributed by atoms with van der Waals surface area (Å²) in [4.78, 5) is 0. The van der Waals surface area contributed by atoms with Crippen LogP contribution in [-0.2, 0) is 9.47 Å². The average molecular weight is 163 g/mol. The summed E-state index contributed by atoms with van der Waals surface area (Å²) >= 11 is 4.75. The van der Waals surface area contributed by atoms with Gasteiger partial charge in [0.25, 0.3) is 0 Å². The molecule has 1 atom stereocenters. The molecule has 0 aliphatic rings. The maximum Gasteiger partial charge on any atom is 0.148 e. The molecule has 0 aliphatic carbocycles. The molecule has 1 unspecified atom stereocenters. The first-order valence-electron chi connectivity index (χ1n) is 3.62. The summed E-state index contributed by atoms with van der Waals surface area (Å²) in [6.45, 7) is 5.06. The van der Waals surface area contributed by atoms with Gasteiger partial charge in [0.05, 0.1) is 0 Å². The molecule has 0 bridgehead atoms. The topological polar surface area (TPSA) is 18.5 Å². The third-order valence-electron chi connectivity index (χ3n) is 1.03. The lowest BCUT2D eigenvalue weighted by Gasteiger charge is -2.05. The Morgan fingerprint density at radius 3 is 2.70 bits per heavy atom. The van der Waals surface area contributed by atoms with Gasteiger partial charge >= 0.3 is 0 Å². The zero-order valence-corrected chi connectivity index (χ0v) is 7.45. The van der Waals surface area contributed by atoms with Crippen LogP contribution in [0, 0.1) is 0 Å². The molecule has 0 N–H and O–H groups in total. The second-order valence-corrected chi connectivity index (χ2v) is 2.78.